The molecule has 0 saturated heterocycles. The van der Waals surface area contributed by atoms with Crippen LogP contribution in [0.25, 0.3) is 0 Å². The van der Waals surface area contributed by atoms with Gasteiger partial charge in [-0.15, -0.1) is 0 Å². The summed E-state index contributed by atoms with van der Waals surface area (Å²) in [4.78, 5) is 22.6. The molecule has 0 aromatic rings. The van der Waals surface area contributed by atoms with Crippen LogP contribution in [0.4, 0.5) is 0 Å². The van der Waals surface area contributed by atoms with Gasteiger partial charge in [0.05, 0.1) is 13.7 Å². The minimum atomic E-state index is -0.288. The zero-order valence-corrected chi connectivity index (χ0v) is 18.7. The molecular formula is C23H46N2O3. The van der Waals surface area contributed by atoms with Gasteiger partial charge in [-0.2, -0.15) is 0 Å². The van der Waals surface area contributed by atoms with Crippen LogP contribution in [0.5, 0.6) is 0 Å². The molecule has 0 aliphatic heterocycles. The molecule has 0 aliphatic carbocycles. The third-order valence-electron chi connectivity index (χ3n) is 5.13. The highest BCUT2D eigenvalue weighted by atomic mass is 16.5. The third kappa shape index (κ3) is 21.2. The fraction of sp³-hybridized carbons (Fsp3) is 0.913. The average molecular weight is 399 g/mol. The number of amides is 1. The van der Waals surface area contributed by atoms with Gasteiger partial charge < -0.3 is 15.4 Å². The van der Waals surface area contributed by atoms with E-state index in [9.17, 15) is 9.59 Å². The molecule has 0 aromatic carbocycles. The van der Waals surface area contributed by atoms with Crippen LogP contribution in [0.1, 0.15) is 110 Å². The lowest BCUT2D eigenvalue weighted by Gasteiger charge is -2.06. The molecule has 0 heterocycles. The number of hydrogen-bond donors (Lipinski definition) is 2. The molecule has 5 nitrogen and oxygen atoms in total. The maximum absolute atomic E-state index is 11.7. The summed E-state index contributed by atoms with van der Waals surface area (Å²) < 4.78 is 4.53. The van der Waals surface area contributed by atoms with Crippen LogP contribution < -0.4 is 10.6 Å². The molecule has 5 heteroatoms. The van der Waals surface area contributed by atoms with E-state index in [-0.39, 0.29) is 18.4 Å². The molecule has 0 unspecified atom stereocenters. The number of ether oxygens (including phenoxy) is 1. The monoisotopic (exact) mass is 398 g/mol. The summed E-state index contributed by atoms with van der Waals surface area (Å²) in [6.45, 7) is 3.59. The summed E-state index contributed by atoms with van der Waals surface area (Å²) in [5.41, 5.74) is 0. The molecule has 166 valence electrons. The van der Waals surface area contributed by atoms with Gasteiger partial charge >= 0.3 is 5.97 Å². The van der Waals surface area contributed by atoms with E-state index in [2.05, 4.69) is 22.3 Å². The van der Waals surface area contributed by atoms with Gasteiger partial charge in [0.1, 0.15) is 0 Å². The quantitative estimate of drug-likeness (QED) is 0.208. The standard InChI is InChI=1S/C23H46N2O3/c1-3-4-5-6-7-8-9-10-11-12-13-14-15-16-17-18-22(26)25-20-19-24-21-23(27)28-2/h24H,3-21H2,1-2H3,(H,25,26). The lowest BCUT2D eigenvalue weighted by molar-refractivity contribution is -0.139. The normalized spacial score (nSPS) is 10.8. The fourth-order valence-electron chi connectivity index (χ4n) is 3.30. The minimum absolute atomic E-state index is 0.106. The second kappa shape index (κ2) is 22.2. The van der Waals surface area contributed by atoms with E-state index >= 15 is 0 Å². The Hall–Kier alpha value is -1.10. The van der Waals surface area contributed by atoms with Crippen molar-refractivity contribution in [2.45, 2.75) is 110 Å². The van der Waals surface area contributed by atoms with E-state index < -0.39 is 0 Å². The SMILES string of the molecule is CCCCCCCCCCCCCCCCCC(=O)NCCNCC(=O)OC. The van der Waals surface area contributed by atoms with Crippen molar-refractivity contribution in [3.8, 4) is 0 Å². The Morgan fingerprint density at radius 2 is 1.14 bits per heavy atom. The Bertz CT molecular complexity index is 362. The number of hydrogen-bond acceptors (Lipinski definition) is 4. The Morgan fingerprint density at radius 1 is 0.679 bits per heavy atom. The summed E-state index contributed by atoms with van der Waals surface area (Å²) >= 11 is 0. The second-order valence-corrected chi connectivity index (χ2v) is 7.80. The van der Waals surface area contributed by atoms with Crippen molar-refractivity contribution >= 4 is 11.9 Å². The van der Waals surface area contributed by atoms with Gasteiger partial charge in [-0.25, -0.2) is 0 Å². The van der Waals surface area contributed by atoms with E-state index in [1.165, 1.54) is 90.6 Å². The lowest BCUT2D eigenvalue weighted by atomic mass is 10.0. The predicted molar refractivity (Wildman–Crippen MR) is 117 cm³/mol. The minimum Gasteiger partial charge on any atom is -0.468 e. The van der Waals surface area contributed by atoms with Crippen molar-refractivity contribution in [1.29, 1.82) is 0 Å². The molecule has 0 aromatic heterocycles. The van der Waals surface area contributed by atoms with E-state index in [0.717, 1.165) is 12.8 Å². The Labute approximate surface area is 173 Å². The number of carbonyl (C=O) groups excluding carboxylic acids is 2. The first-order chi connectivity index (χ1) is 13.7. The lowest BCUT2D eigenvalue weighted by Crippen LogP contribution is -2.34. The highest BCUT2D eigenvalue weighted by Crippen LogP contribution is 2.13. The average Bonchev–Trinajstić information content (AvgIpc) is 2.70. The molecule has 0 spiro atoms. The van der Waals surface area contributed by atoms with E-state index in [4.69, 9.17) is 0 Å². The molecule has 0 radical (unpaired) electrons. The first-order valence-corrected chi connectivity index (χ1v) is 11.7. The van der Waals surface area contributed by atoms with Crippen LogP contribution in [-0.4, -0.2) is 38.6 Å². The maximum atomic E-state index is 11.7. The van der Waals surface area contributed by atoms with Gasteiger partial charge in [-0.3, -0.25) is 9.59 Å². The van der Waals surface area contributed by atoms with Crippen molar-refractivity contribution in [3.63, 3.8) is 0 Å². The highest BCUT2D eigenvalue weighted by Gasteiger charge is 2.02. The third-order valence-corrected chi connectivity index (χ3v) is 5.13. The largest absolute Gasteiger partial charge is 0.468 e. The van der Waals surface area contributed by atoms with Crippen LogP contribution in [0, 0.1) is 0 Å². The first kappa shape index (κ1) is 26.9. The van der Waals surface area contributed by atoms with Gasteiger partial charge in [-0.05, 0) is 6.42 Å². The van der Waals surface area contributed by atoms with Crippen LogP contribution in [0.3, 0.4) is 0 Å². The molecule has 0 atom stereocenters. The summed E-state index contributed by atoms with van der Waals surface area (Å²) in [6, 6.07) is 0. The van der Waals surface area contributed by atoms with Crippen LogP contribution in [0.2, 0.25) is 0 Å². The molecule has 2 N–H and O–H groups in total. The fourth-order valence-corrected chi connectivity index (χ4v) is 3.30. The van der Waals surface area contributed by atoms with Gasteiger partial charge in [0.25, 0.3) is 0 Å². The van der Waals surface area contributed by atoms with Crippen molar-refractivity contribution in [2.24, 2.45) is 0 Å². The van der Waals surface area contributed by atoms with Crippen LogP contribution >= 0.6 is 0 Å². The number of carbonyl (C=O) groups is 2. The summed E-state index contributed by atoms with van der Waals surface area (Å²) in [5.74, 6) is -0.182. The Morgan fingerprint density at radius 3 is 1.61 bits per heavy atom. The van der Waals surface area contributed by atoms with E-state index in [1.54, 1.807) is 0 Å². The second-order valence-electron chi connectivity index (χ2n) is 7.80. The molecule has 28 heavy (non-hydrogen) atoms. The maximum Gasteiger partial charge on any atom is 0.319 e. The van der Waals surface area contributed by atoms with Gasteiger partial charge in [-0.1, -0.05) is 96.8 Å². The van der Waals surface area contributed by atoms with Gasteiger partial charge in [0, 0.05) is 19.5 Å². The van der Waals surface area contributed by atoms with Crippen LogP contribution in [0.15, 0.2) is 0 Å². The predicted octanol–water partition coefficient (Wildman–Crippen LogP) is 5.13. The summed E-state index contributed by atoms with van der Waals surface area (Å²) in [7, 11) is 1.36. The highest BCUT2D eigenvalue weighted by molar-refractivity contribution is 5.75. The number of rotatable bonds is 21. The molecule has 0 saturated carbocycles. The van der Waals surface area contributed by atoms with Gasteiger partial charge in [0.15, 0.2) is 0 Å². The molecule has 0 fully saturated rings. The smallest absolute Gasteiger partial charge is 0.319 e. The molecule has 0 bridgehead atoms. The van der Waals surface area contributed by atoms with Gasteiger partial charge in [0.2, 0.25) is 5.91 Å². The van der Waals surface area contributed by atoms with Crippen molar-refractivity contribution in [3.05, 3.63) is 0 Å². The molecular weight excluding hydrogens is 352 g/mol. The van der Waals surface area contributed by atoms with E-state index in [1.807, 2.05) is 0 Å². The number of methoxy groups -OCH3 is 1. The first-order valence-electron chi connectivity index (χ1n) is 11.7. The topological polar surface area (TPSA) is 67.4 Å². The number of esters is 1. The van der Waals surface area contributed by atoms with Crippen molar-refractivity contribution < 1.29 is 14.3 Å². The van der Waals surface area contributed by atoms with E-state index in [0.29, 0.717) is 19.5 Å². The number of nitrogens with one attached hydrogen (secondary N) is 2. The zero-order valence-electron chi connectivity index (χ0n) is 18.7. The van der Waals surface area contributed by atoms with Crippen molar-refractivity contribution in [2.75, 3.05) is 26.7 Å². The number of unbranched alkanes of at least 4 members (excludes halogenated alkanes) is 14. The Balaban J connectivity index is 3.16. The van der Waals surface area contributed by atoms with Crippen LogP contribution in [-0.2, 0) is 14.3 Å². The Kier molecular flexibility index (Phi) is 21.3. The molecule has 0 aliphatic rings. The summed E-state index contributed by atoms with van der Waals surface area (Å²) in [6.07, 6.45) is 20.6. The molecule has 0 rings (SSSR count). The van der Waals surface area contributed by atoms with Crippen molar-refractivity contribution in [1.82, 2.24) is 10.6 Å². The molecule has 1 amide bonds. The zero-order chi connectivity index (χ0) is 20.7. The summed E-state index contributed by atoms with van der Waals surface area (Å²) in [5, 5.41) is 5.79.